The van der Waals surface area contributed by atoms with Crippen molar-refractivity contribution in [1.82, 2.24) is 14.7 Å². The SMILES string of the molecule is Cc1cc(C)n(C[C@H]2CCCN2C(=O)[C@@H](C)OCC2CC2)n1. The van der Waals surface area contributed by atoms with E-state index in [0.717, 1.165) is 43.9 Å². The van der Waals surface area contributed by atoms with E-state index in [4.69, 9.17) is 4.74 Å². The number of aromatic nitrogens is 2. The zero-order valence-corrected chi connectivity index (χ0v) is 13.9. The Balaban J connectivity index is 1.59. The van der Waals surface area contributed by atoms with E-state index in [0.29, 0.717) is 5.92 Å². The van der Waals surface area contributed by atoms with Crippen LogP contribution in [0.5, 0.6) is 0 Å². The van der Waals surface area contributed by atoms with Crippen LogP contribution >= 0.6 is 0 Å². The molecule has 2 aliphatic rings. The van der Waals surface area contributed by atoms with E-state index in [2.05, 4.69) is 18.1 Å². The lowest BCUT2D eigenvalue weighted by Crippen LogP contribution is -2.44. The molecule has 0 N–H and O–H groups in total. The Labute approximate surface area is 132 Å². The van der Waals surface area contributed by atoms with Crippen molar-refractivity contribution in [3.05, 3.63) is 17.5 Å². The number of ether oxygens (including phenoxy) is 1. The average Bonchev–Trinajstić information content (AvgIpc) is 3.11. The van der Waals surface area contributed by atoms with Gasteiger partial charge in [-0.2, -0.15) is 5.10 Å². The van der Waals surface area contributed by atoms with Gasteiger partial charge in [-0.15, -0.1) is 0 Å². The van der Waals surface area contributed by atoms with Crippen LogP contribution in [-0.2, 0) is 16.1 Å². The first-order chi connectivity index (χ1) is 10.5. The van der Waals surface area contributed by atoms with Gasteiger partial charge in [-0.1, -0.05) is 0 Å². The lowest BCUT2D eigenvalue weighted by atomic mass is 10.2. The third-order valence-corrected chi connectivity index (χ3v) is 4.77. The predicted molar refractivity (Wildman–Crippen MR) is 84.6 cm³/mol. The van der Waals surface area contributed by atoms with Crippen LogP contribution in [0.4, 0.5) is 0 Å². The summed E-state index contributed by atoms with van der Waals surface area (Å²) in [5.41, 5.74) is 2.20. The predicted octanol–water partition coefficient (Wildman–Crippen LogP) is 2.31. The highest BCUT2D eigenvalue weighted by molar-refractivity contribution is 5.81. The van der Waals surface area contributed by atoms with Crippen molar-refractivity contribution in [2.24, 2.45) is 5.92 Å². The van der Waals surface area contributed by atoms with Gasteiger partial charge in [-0.05, 0) is 58.4 Å². The summed E-state index contributed by atoms with van der Waals surface area (Å²) >= 11 is 0. The molecule has 0 unspecified atom stereocenters. The number of carbonyl (C=O) groups excluding carboxylic acids is 1. The molecule has 1 saturated carbocycles. The van der Waals surface area contributed by atoms with E-state index in [1.54, 1.807) is 0 Å². The molecular weight excluding hydrogens is 278 g/mol. The lowest BCUT2D eigenvalue weighted by Gasteiger charge is -2.28. The Morgan fingerprint density at radius 2 is 2.18 bits per heavy atom. The van der Waals surface area contributed by atoms with E-state index in [-0.39, 0.29) is 18.1 Å². The molecule has 1 aromatic heterocycles. The number of nitrogens with zero attached hydrogens (tertiary/aromatic N) is 3. The maximum atomic E-state index is 12.6. The van der Waals surface area contributed by atoms with Gasteiger partial charge in [-0.25, -0.2) is 0 Å². The van der Waals surface area contributed by atoms with E-state index in [1.807, 2.05) is 23.4 Å². The molecule has 1 saturated heterocycles. The van der Waals surface area contributed by atoms with Crippen molar-refractivity contribution < 1.29 is 9.53 Å². The molecule has 0 spiro atoms. The molecule has 1 amide bonds. The topological polar surface area (TPSA) is 47.4 Å². The highest BCUT2D eigenvalue weighted by atomic mass is 16.5. The van der Waals surface area contributed by atoms with Gasteiger partial charge in [0.05, 0.1) is 24.9 Å². The van der Waals surface area contributed by atoms with E-state index >= 15 is 0 Å². The number of amides is 1. The van der Waals surface area contributed by atoms with Crippen LogP contribution in [0.25, 0.3) is 0 Å². The molecular formula is C17H27N3O2. The molecule has 1 aliphatic carbocycles. The average molecular weight is 305 g/mol. The molecule has 2 fully saturated rings. The van der Waals surface area contributed by atoms with E-state index in [9.17, 15) is 4.79 Å². The fourth-order valence-corrected chi connectivity index (χ4v) is 3.24. The molecule has 1 aliphatic heterocycles. The van der Waals surface area contributed by atoms with Gasteiger partial charge in [0.1, 0.15) is 6.10 Å². The maximum absolute atomic E-state index is 12.6. The van der Waals surface area contributed by atoms with E-state index in [1.165, 1.54) is 12.8 Å². The molecule has 5 nitrogen and oxygen atoms in total. The second-order valence-corrected chi connectivity index (χ2v) is 6.86. The summed E-state index contributed by atoms with van der Waals surface area (Å²) in [6.07, 6.45) is 4.32. The molecule has 122 valence electrons. The number of likely N-dealkylation sites (tertiary alicyclic amines) is 1. The summed E-state index contributed by atoms with van der Waals surface area (Å²) in [6, 6.07) is 2.33. The molecule has 22 heavy (non-hydrogen) atoms. The van der Waals surface area contributed by atoms with Crippen LogP contribution in [0.3, 0.4) is 0 Å². The van der Waals surface area contributed by atoms with Crippen molar-refractivity contribution >= 4 is 5.91 Å². The number of carbonyl (C=O) groups is 1. The summed E-state index contributed by atoms with van der Waals surface area (Å²) in [7, 11) is 0. The van der Waals surface area contributed by atoms with Crippen molar-refractivity contribution in [2.45, 2.75) is 65.1 Å². The van der Waals surface area contributed by atoms with Gasteiger partial charge < -0.3 is 9.64 Å². The third-order valence-electron chi connectivity index (χ3n) is 4.77. The monoisotopic (exact) mass is 305 g/mol. The normalized spacial score (nSPS) is 23.0. The largest absolute Gasteiger partial charge is 0.368 e. The summed E-state index contributed by atoms with van der Waals surface area (Å²) in [4.78, 5) is 14.6. The number of hydrogen-bond donors (Lipinski definition) is 0. The molecule has 1 aromatic rings. The Kier molecular flexibility index (Phi) is 4.52. The second-order valence-electron chi connectivity index (χ2n) is 6.86. The van der Waals surface area contributed by atoms with Gasteiger partial charge in [0.25, 0.3) is 5.91 Å². The van der Waals surface area contributed by atoms with Crippen LogP contribution in [0, 0.1) is 19.8 Å². The van der Waals surface area contributed by atoms with E-state index < -0.39 is 0 Å². The van der Waals surface area contributed by atoms with Gasteiger partial charge in [-0.3, -0.25) is 9.48 Å². The highest BCUT2D eigenvalue weighted by Crippen LogP contribution is 2.29. The van der Waals surface area contributed by atoms with Crippen molar-refractivity contribution in [2.75, 3.05) is 13.2 Å². The molecule has 2 atom stereocenters. The van der Waals surface area contributed by atoms with Crippen LogP contribution in [0.2, 0.25) is 0 Å². The van der Waals surface area contributed by atoms with Crippen molar-refractivity contribution in [1.29, 1.82) is 0 Å². The van der Waals surface area contributed by atoms with Gasteiger partial charge in [0.2, 0.25) is 0 Å². The first kappa shape index (κ1) is 15.5. The smallest absolute Gasteiger partial charge is 0.251 e. The zero-order valence-electron chi connectivity index (χ0n) is 13.9. The first-order valence-corrected chi connectivity index (χ1v) is 8.47. The van der Waals surface area contributed by atoms with Gasteiger partial charge in [0, 0.05) is 12.2 Å². The van der Waals surface area contributed by atoms with Crippen LogP contribution in [0.15, 0.2) is 6.07 Å². The fourth-order valence-electron chi connectivity index (χ4n) is 3.24. The minimum Gasteiger partial charge on any atom is -0.368 e. The second kappa shape index (κ2) is 6.41. The highest BCUT2D eigenvalue weighted by Gasteiger charge is 2.33. The Hall–Kier alpha value is -1.36. The third kappa shape index (κ3) is 3.51. The Bertz CT molecular complexity index is 536. The minimum absolute atomic E-state index is 0.143. The standard InChI is InChI=1S/C17H27N3O2/c1-12-9-13(2)20(18-12)10-16-5-4-8-19(16)17(21)14(3)22-11-15-6-7-15/h9,14-16H,4-8,10-11H2,1-3H3/t14-,16-/m1/s1. The van der Waals surface area contributed by atoms with Crippen molar-refractivity contribution in [3.8, 4) is 0 Å². The summed E-state index contributed by atoms with van der Waals surface area (Å²) in [5.74, 6) is 0.837. The first-order valence-electron chi connectivity index (χ1n) is 8.47. The fraction of sp³-hybridized carbons (Fsp3) is 0.765. The van der Waals surface area contributed by atoms with Gasteiger partial charge in [0.15, 0.2) is 0 Å². The molecule has 0 aromatic carbocycles. The van der Waals surface area contributed by atoms with Crippen molar-refractivity contribution in [3.63, 3.8) is 0 Å². The summed E-state index contributed by atoms with van der Waals surface area (Å²) in [6.45, 7) is 8.35. The van der Waals surface area contributed by atoms with Crippen LogP contribution < -0.4 is 0 Å². The molecule has 2 heterocycles. The lowest BCUT2D eigenvalue weighted by molar-refractivity contribution is -0.144. The number of aryl methyl sites for hydroxylation is 2. The Morgan fingerprint density at radius 3 is 2.82 bits per heavy atom. The number of hydrogen-bond acceptors (Lipinski definition) is 3. The Morgan fingerprint density at radius 1 is 1.41 bits per heavy atom. The molecule has 5 heteroatoms. The zero-order chi connectivity index (χ0) is 15.7. The summed E-state index contributed by atoms with van der Waals surface area (Å²) in [5, 5.41) is 4.53. The maximum Gasteiger partial charge on any atom is 0.251 e. The molecule has 0 radical (unpaired) electrons. The van der Waals surface area contributed by atoms with Gasteiger partial charge >= 0.3 is 0 Å². The molecule has 0 bridgehead atoms. The van der Waals surface area contributed by atoms with Crippen LogP contribution in [0.1, 0.15) is 44.0 Å². The summed E-state index contributed by atoms with van der Waals surface area (Å²) < 4.78 is 7.78. The van der Waals surface area contributed by atoms with Crippen LogP contribution in [-0.4, -0.2) is 45.9 Å². The minimum atomic E-state index is -0.318. The molecule has 3 rings (SSSR count). The quantitative estimate of drug-likeness (QED) is 0.810. The number of rotatable bonds is 6.